The Hall–Kier alpha value is 0.150. The molecule has 1 aromatic rings. The summed E-state index contributed by atoms with van der Waals surface area (Å²) >= 11 is 15.1. The Labute approximate surface area is 131 Å². The lowest BCUT2D eigenvalue weighted by Crippen LogP contribution is -2.46. The molecule has 0 aliphatic carbocycles. The van der Waals surface area contributed by atoms with Crippen molar-refractivity contribution in [1.82, 2.24) is 4.72 Å². The van der Waals surface area contributed by atoms with Gasteiger partial charge >= 0.3 is 0 Å². The third-order valence-electron chi connectivity index (χ3n) is 2.15. The maximum atomic E-state index is 12.3. The number of benzene rings is 1. The molecule has 0 saturated heterocycles. The first kappa shape index (κ1) is 17.2. The monoisotopic (exact) mass is 389 g/mol. The third kappa shape index (κ3) is 4.58. The Bertz CT molecular complexity index is 552. The zero-order chi connectivity index (χ0) is 14.8. The van der Waals surface area contributed by atoms with Crippen LogP contribution in [0.5, 0.6) is 0 Å². The van der Waals surface area contributed by atoms with Crippen LogP contribution in [0.3, 0.4) is 0 Å². The van der Waals surface area contributed by atoms with Crippen LogP contribution in [-0.4, -0.2) is 27.7 Å². The average molecular weight is 391 g/mol. The van der Waals surface area contributed by atoms with Crippen LogP contribution in [0.25, 0.3) is 0 Å². The smallest absolute Gasteiger partial charge is 0.244 e. The molecule has 1 rings (SSSR count). The van der Waals surface area contributed by atoms with E-state index in [2.05, 4.69) is 20.7 Å². The number of hydrogen-bond acceptors (Lipinski definition) is 3. The van der Waals surface area contributed by atoms with Gasteiger partial charge in [-0.1, -0.05) is 39.1 Å². The molecule has 0 aliphatic heterocycles. The number of rotatable bonds is 5. The maximum Gasteiger partial charge on any atom is 0.244 e. The Kier molecular flexibility index (Phi) is 5.69. The molecular formula is C11H14BrCl2NO3S. The van der Waals surface area contributed by atoms with Gasteiger partial charge in [0.1, 0.15) is 4.90 Å². The van der Waals surface area contributed by atoms with Crippen molar-refractivity contribution in [3.05, 3.63) is 26.7 Å². The van der Waals surface area contributed by atoms with Crippen molar-refractivity contribution in [2.45, 2.75) is 24.3 Å². The SMILES string of the molecule is COCC(C)(C)NS(=O)(=O)c1c(Cl)cc(Br)cc1Cl. The Morgan fingerprint density at radius 1 is 1.32 bits per heavy atom. The van der Waals surface area contributed by atoms with Crippen LogP contribution in [0, 0.1) is 0 Å². The first-order valence-corrected chi connectivity index (χ1v) is 8.30. The molecule has 0 fully saturated rings. The molecule has 0 spiro atoms. The summed E-state index contributed by atoms with van der Waals surface area (Å²) in [6.45, 7) is 3.63. The summed E-state index contributed by atoms with van der Waals surface area (Å²) in [6, 6.07) is 2.95. The van der Waals surface area contributed by atoms with Gasteiger partial charge in [0.25, 0.3) is 0 Å². The molecule has 1 N–H and O–H groups in total. The predicted molar refractivity (Wildman–Crippen MR) is 80.4 cm³/mol. The number of nitrogens with one attached hydrogen (secondary N) is 1. The highest BCUT2D eigenvalue weighted by Crippen LogP contribution is 2.33. The molecule has 0 atom stereocenters. The molecule has 0 radical (unpaired) electrons. The van der Waals surface area contributed by atoms with E-state index in [0.29, 0.717) is 4.47 Å². The topological polar surface area (TPSA) is 55.4 Å². The fourth-order valence-electron chi connectivity index (χ4n) is 1.59. The van der Waals surface area contributed by atoms with Crippen molar-refractivity contribution in [2.24, 2.45) is 0 Å². The molecular weight excluding hydrogens is 377 g/mol. The summed E-state index contributed by atoms with van der Waals surface area (Å²) in [5, 5.41) is 0.111. The van der Waals surface area contributed by atoms with Crippen LogP contribution in [-0.2, 0) is 14.8 Å². The van der Waals surface area contributed by atoms with E-state index in [1.807, 2.05) is 0 Å². The molecule has 0 aromatic heterocycles. The highest BCUT2D eigenvalue weighted by molar-refractivity contribution is 9.10. The van der Waals surface area contributed by atoms with E-state index in [0.717, 1.165) is 0 Å². The maximum absolute atomic E-state index is 12.3. The fraction of sp³-hybridized carbons (Fsp3) is 0.455. The minimum atomic E-state index is -3.83. The van der Waals surface area contributed by atoms with Crippen molar-refractivity contribution >= 4 is 49.2 Å². The number of ether oxygens (including phenoxy) is 1. The van der Waals surface area contributed by atoms with Crippen LogP contribution >= 0.6 is 39.1 Å². The van der Waals surface area contributed by atoms with E-state index in [4.69, 9.17) is 27.9 Å². The molecule has 4 nitrogen and oxygen atoms in total. The van der Waals surface area contributed by atoms with Gasteiger partial charge in [-0.15, -0.1) is 0 Å². The third-order valence-corrected chi connectivity index (χ3v) is 5.22. The van der Waals surface area contributed by atoms with Crippen molar-refractivity contribution < 1.29 is 13.2 Å². The summed E-state index contributed by atoms with van der Waals surface area (Å²) < 4.78 is 32.7. The van der Waals surface area contributed by atoms with Gasteiger partial charge in [-0.05, 0) is 26.0 Å². The molecule has 0 aliphatic rings. The Morgan fingerprint density at radius 3 is 2.21 bits per heavy atom. The molecule has 108 valence electrons. The van der Waals surface area contributed by atoms with E-state index in [9.17, 15) is 8.42 Å². The minimum Gasteiger partial charge on any atom is -0.383 e. The first-order valence-electron chi connectivity index (χ1n) is 5.26. The zero-order valence-electron chi connectivity index (χ0n) is 10.6. The largest absolute Gasteiger partial charge is 0.383 e. The minimum absolute atomic E-state index is 0.0556. The van der Waals surface area contributed by atoms with Crippen LogP contribution in [0.15, 0.2) is 21.5 Å². The van der Waals surface area contributed by atoms with Gasteiger partial charge in [-0.2, -0.15) is 0 Å². The van der Waals surface area contributed by atoms with Crippen molar-refractivity contribution in [3.63, 3.8) is 0 Å². The van der Waals surface area contributed by atoms with Crippen molar-refractivity contribution in [1.29, 1.82) is 0 Å². The van der Waals surface area contributed by atoms with E-state index < -0.39 is 15.6 Å². The number of halogens is 3. The lowest BCUT2D eigenvalue weighted by Gasteiger charge is -2.25. The average Bonchev–Trinajstić information content (AvgIpc) is 2.11. The highest BCUT2D eigenvalue weighted by atomic mass is 79.9. The predicted octanol–water partition coefficient (Wildman–Crippen LogP) is 3.46. The van der Waals surface area contributed by atoms with Gasteiger partial charge in [-0.25, -0.2) is 13.1 Å². The quantitative estimate of drug-likeness (QED) is 0.837. The molecule has 0 saturated carbocycles. The second-order valence-electron chi connectivity index (χ2n) is 4.62. The van der Waals surface area contributed by atoms with Crippen molar-refractivity contribution in [3.8, 4) is 0 Å². The fourth-order valence-corrected chi connectivity index (χ4v) is 4.93. The molecule has 8 heteroatoms. The van der Waals surface area contributed by atoms with Gasteiger partial charge < -0.3 is 4.74 Å². The molecule has 19 heavy (non-hydrogen) atoms. The van der Waals surface area contributed by atoms with Crippen LogP contribution in [0.2, 0.25) is 10.0 Å². The van der Waals surface area contributed by atoms with E-state index in [1.165, 1.54) is 19.2 Å². The van der Waals surface area contributed by atoms with E-state index in [-0.39, 0.29) is 21.5 Å². The standard InChI is InChI=1S/C11H14BrCl2NO3S/c1-11(2,6-18-3)15-19(16,17)10-8(13)4-7(12)5-9(10)14/h4-5,15H,6H2,1-3H3. The number of methoxy groups -OCH3 is 1. The van der Waals surface area contributed by atoms with Gasteiger partial charge in [0.2, 0.25) is 10.0 Å². The molecule has 0 bridgehead atoms. The Morgan fingerprint density at radius 2 is 1.79 bits per heavy atom. The molecule has 0 amide bonds. The molecule has 0 unspecified atom stereocenters. The summed E-state index contributed by atoms with van der Waals surface area (Å²) in [5.41, 5.74) is -0.771. The van der Waals surface area contributed by atoms with Gasteiger partial charge in [0, 0.05) is 11.6 Å². The van der Waals surface area contributed by atoms with E-state index >= 15 is 0 Å². The highest BCUT2D eigenvalue weighted by Gasteiger charge is 2.29. The van der Waals surface area contributed by atoms with Crippen LogP contribution < -0.4 is 4.72 Å². The van der Waals surface area contributed by atoms with Crippen LogP contribution in [0.1, 0.15) is 13.8 Å². The molecule has 1 aromatic carbocycles. The molecule has 0 heterocycles. The second-order valence-corrected chi connectivity index (χ2v) is 7.97. The van der Waals surface area contributed by atoms with Gasteiger partial charge in [0.05, 0.1) is 22.2 Å². The lowest BCUT2D eigenvalue weighted by molar-refractivity contribution is 0.141. The normalized spacial score (nSPS) is 12.7. The Balaban J connectivity index is 3.22. The van der Waals surface area contributed by atoms with E-state index in [1.54, 1.807) is 13.8 Å². The summed E-state index contributed by atoms with van der Waals surface area (Å²) in [6.07, 6.45) is 0. The summed E-state index contributed by atoms with van der Waals surface area (Å²) in [5.74, 6) is 0. The van der Waals surface area contributed by atoms with Gasteiger partial charge in [-0.3, -0.25) is 0 Å². The second kappa shape index (κ2) is 6.28. The summed E-state index contributed by atoms with van der Waals surface area (Å²) in [7, 11) is -2.34. The van der Waals surface area contributed by atoms with Crippen LogP contribution in [0.4, 0.5) is 0 Å². The number of sulfonamides is 1. The summed E-state index contributed by atoms with van der Waals surface area (Å²) in [4.78, 5) is -0.136. The zero-order valence-corrected chi connectivity index (χ0v) is 14.5. The van der Waals surface area contributed by atoms with Gasteiger partial charge in [0.15, 0.2) is 0 Å². The first-order chi connectivity index (χ1) is 8.59. The number of hydrogen-bond donors (Lipinski definition) is 1. The van der Waals surface area contributed by atoms with Crippen molar-refractivity contribution in [2.75, 3.05) is 13.7 Å². The lowest BCUT2D eigenvalue weighted by atomic mass is 10.1.